The summed E-state index contributed by atoms with van der Waals surface area (Å²) in [6.45, 7) is 2.03. The number of aromatic nitrogens is 2. The number of rotatable bonds is 5. The molecule has 0 fully saturated rings. The molecular formula is C28H24BrN2OPS. The monoisotopic (exact) mass is 546 g/mol. The summed E-state index contributed by atoms with van der Waals surface area (Å²) in [5.74, 6) is 0.0383. The number of hydrogen-bond donors (Lipinski definition) is 0. The van der Waals surface area contributed by atoms with E-state index >= 15 is 0 Å². The summed E-state index contributed by atoms with van der Waals surface area (Å²) in [7, 11) is 0. The Hall–Kier alpha value is -2.85. The summed E-state index contributed by atoms with van der Waals surface area (Å²) < 4.78 is 3.97. The maximum Gasteiger partial charge on any atom is 0.319 e. The molecule has 3 nitrogen and oxygen atoms in total. The Morgan fingerprint density at radius 1 is 0.794 bits per heavy atom. The van der Waals surface area contributed by atoms with Crippen molar-refractivity contribution in [3.63, 3.8) is 0 Å². The fraction of sp³-hybridized carbons (Fsp3) is 0.0714. The largest absolute Gasteiger partial charge is 1.00 e. The average molecular weight is 547 g/mol. The lowest BCUT2D eigenvalue weighted by Crippen LogP contribution is -3.00. The lowest BCUT2D eigenvalue weighted by Gasteiger charge is -2.21. The third-order valence-corrected chi connectivity index (χ3v) is 10.9. The first-order valence-corrected chi connectivity index (χ1v) is 13.7. The van der Waals surface area contributed by atoms with Crippen molar-refractivity contribution in [3.8, 4) is 0 Å². The molecule has 0 aliphatic heterocycles. The SMILES string of the molecule is Cc1c(P(=S)(c2ccccc2)c2ccccc2)[n+]2ccccc2n1C(=O)Cc1ccccc1.[Br-]. The minimum Gasteiger partial charge on any atom is -1.00 e. The van der Waals surface area contributed by atoms with Gasteiger partial charge in [-0.3, -0.25) is 0 Å². The van der Waals surface area contributed by atoms with E-state index < -0.39 is 6.04 Å². The second-order valence-corrected chi connectivity index (χ2v) is 12.3. The van der Waals surface area contributed by atoms with Crippen LogP contribution in [0.25, 0.3) is 5.65 Å². The number of imidazole rings is 1. The number of benzene rings is 3. The highest BCUT2D eigenvalue weighted by molar-refractivity contribution is 8.25. The number of pyridine rings is 1. The van der Waals surface area contributed by atoms with Crippen LogP contribution in [0.15, 0.2) is 115 Å². The van der Waals surface area contributed by atoms with Gasteiger partial charge in [-0.1, -0.05) is 109 Å². The molecular weight excluding hydrogens is 523 g/mol. The van der Waals surface area contributed by atoms with Gasteiger partial charge in [0.05, 0.1) is 18.7 Å². The fourth-order valence-corrected chi connectivity index (χ4v) is 8.85. The third-order valence-electron chi connectivity index (χ3n) is 5.94. The molecule has 0 aliphatic rings. The molecule has 34 heavy (non-hydrogen) atoms. The van der Waals surface area contributed by atoms with Crippen LogP contribution in [0.5, 0.6) is 0 Å². The summed E-state index contributed by atoms with van der Waals surface area (Å²) in [6.07, 6.45) is 2.36. The molecule has 0 bridgehead atoms. The van der Waals surface area contributed by atoms with Crippen LogP contribution >= 0.6 is 6.04 Å². The summed E-state index contributed by atoms with van der Waals surface area (Å²) in [6, 6.07) is 34.1. The lowest BCUT2D eigenvalue weighted by atomic mass is 10.1. The van der Waals surface area contributed by atoms with Gasteiger partial charge in [0.2, 0.25) is 0 Å². The zero-order valence-electron chi connectivity index (χ0n) is 18.7. The van der Waals surface area contributed by atoms with Crippen molar-refractivity contribution in [3.05, 3.63) is 127 Å². The van der Waals surface area contributed by atoms with E-state index in [9.17, 15) is 4.79 Å². The van der Waals surface area contributed by atoms with E-state index in [2.05, 4.69) is 28.7 Å². The molecule has 0 saturated carbocycles. The Kier molecular flexibility index (Phi) is 7.27. The average Bonchev–Trinajstić information content (AvgIpc) is 3.17. The standard InChI is InChI=1S/C28H24N2OPS.BrH/c1-22-28(32(33,24-15-7-3-8-16-24)25-17-9-4-10-18-25)29-20-12-11-19-26(29)30(22)27(31)21-23-13-5-2-6-14-23;/h2-20H,21H2,1H3;1H/q+1;/p-1. The van der Waals surface area contributed by atoms with Crippen molar-refractivity contribution in [2.75, 3.05) is 0 Å². The number of nitrogens with zero attached hydrogens (tertiary/aromatic N) is 2. The Balaban J connectivity index is 0.00000274. The highest BCUT2D eigenvalue weighted by Crippen LogP contribution is 2.42. The van der Waals surface area contributed by atoms with E-state index in [0.717, 1.165) is 32.9 Å². The third kappa shape index (κ3) is 4.20. The Labute approximate surface area is 215 Å². The van der Waals surface area contributed by atoms with Gasteiger partial charge in [-0.15, -0.1) is 0 Å². The first kappa shape index (κ1) is 24.3. The Bertz CT molecular complexity index is 1440. The van der Waals surface area contributed by atoms with Gasteiger partial charge < -0.3 is 17.0 Å². The van der Waals surface area contributed by atoms with Crippen LogP contribution in [0.3, 0.4) is 0 Å². The molecule has 0 amide bonds. The van der Waals surface area contributed by atoms with Crippen molar-refractivity contribution in [2.24, 2.45) is 0 Å². The molecule has 5 aromatic rings. The second kappa shape index (κ2) is 10.2. The van der Waals surface area contributed by atoms with E-state index in [1.807, 2.05) is 103 Å². The topological polar surface area (TPSA) is 26.1 Å². The highest BCUT2D eigenvalue weighted by Gasteiger charge is 2.38. The highest BCUT2D eigenvalue weighted by atomic mass is 79.9. The van der Waals surface area contributed by atoms with E-state index in [-0.39, 0.29) is 22.9 Å². The minimum absolute atomic E-state index is 0. The normalized spacial score (nSPS) is 11.2. The number of fused-ring (bicyclic) bond motifs is 1. The van der Waals surface area contributed by atoms with Gasteiger partial charge in [-0.05, 0) is 22.2 Å². The molecule has 0 unspecified atom stereocenters. The molecule has 0 saturated heterocycles. The van der Waals surface area contributed by atoms with Gasteiger partial charge in [0.15, 0.2) is 11.1 Å². The van der Waals surface area contributed by atoms with Gasteiger partial charge in [-0.25, -0.2) is 4.79 Å². The Morgan fingerprint density at radius 2 is 1.29 bits per heavy atom. The predicted octanol–water partition coefficient (Wildman–Crippen LogP) is 1.18. The van der Waals surface area contributed by atoms with Crippen LogP contribution in [-0.4, -0.2) is 10.5 Å². The van der Waals surface area contributed by atoms with E-state index in [4.69, 9.17) is 11.8 Å². The van der Waals surface area contributed by atoms with Crippen molar-refractivity contribution < 1.29 is 26.2 Å². The first-order chi connectivity index (χ1) is 16.1. The molecule has 6 heteroatoms. The zero-order valence-corrected chi connectivity index (χ0v) is 22.0. The molecule has 0 N–H and O–H groups in total. The quantitative estimate of drug-likeness (QED) is 0.244. The molecule has 2 heterocycles. The molecule has 170 valence electrons. The maximum absolute atomic E-state index is 13.6. The van der Waals surface area contributed by atoms with Crippen molar-refractivity contribution in [1.29, 1.82) is 0 Å². The summed E-state index contributed by atoms with van der Waals surface area (Å²) in [4.78, 5) is 13.6. The zero-order chi connectivity index (χ0) is 22.8. The number of hydrogen-bond acceptors (Lipinski definition) is 2. The van der Waals surface area contributed by atoms with Gasteiger partial charge in [0.25, 0.3) is 5.65 Å². The predicted molar refractivity (Wildman–Crippen MR) is 139 cm³/mol. The van der Waals surface area contributed by atoms with Gasteiger partial charge in [0, 0.05) is 13.0 Å². The summed E-state index contributed by atoms with van der Waals surface area (Å²) in [5, 5.41) is 2.22. The molecule has 0 aliphatic carbocycles. The number of carbonyl (C=O) groups excluding carboxylic acids is 1. The van der Waals surface area contributed by atoms with Crippen molar-refractivity contribution in [2.45, 2.75) is 13.3 Å². The number of halogens is 1. The van der Waals surface area contributed by atoms with Crippen LogP contribution in [0.2, 0.25) is 0 Å². The smallest absolute Gasteiger partial charge is 0.319 e. The van der Waals surface area contributed by atoms with Crippen molar-refractivity contribution in [1.82, 2.24) is 4.57 Å². The maximum atomic E-state index is 13.6. The van der Waals surface area contributed by atoms with E-state index in [1.165, 1.54) is 0 Å². The fourth-order valence-electron chi connectivity index (χ4n) is 4.45. The van der Waals surface area contributed by atoms with Crippen LogP contribution < -0.4 is 37.4 Å². The van der Waals surface area contributed by atoms with Gasteiger partial charge >= 0.3 is 5.91 Å². The lowest BCUT2D eigenvalue weighted by molar-refractivity contribution is -0.490. The molecule has 5 rings (SSSR count). The second-order valence-electron chi connectivity index (χ2n) is 8.01. The summed E-state index contributed by atoms with van der Waals surface area (Å²) >= 11 is 6.61. The van der Waals surface area contributed by atoms with Crippen LogP contribution in [-0.2, 0) is 18.2 Å². The van der Waals surface area contributed by atoms with Crippen LogP contribution in [0.1, 0.15) is 16.1 Å². The minimum atomic E-state index is -2.44. The summed E-state index contributed by atoms with van der Waals surface area (Å²) in [5.41, 5.74) is 3.76. The molecule has 3 aromatic carbocycles. The van der Waals surface area contributed by atoms with E-state index in [0.29, 0.717) is 6.42 Å². The molecule has 0 spiro atoms. The van der Waals surface area contributed by atoms with E-state index in [1.54, 1.807) is 0 Å². The first-order valence-electron chi connectivity index (χ1n) is 10.9. The van der Waals surface area contributed by atoms with Crippen LogP contribution in [0, 0.1) is 6.92 Å². The van der Waals surface area contributed by atoms with Crippen LogP contribution in [0.4, 0.5) is 0 Å². The van der Waals surface area contributed by atoms with Gasteiger partial charge in [-0.2, -0.15) is 8.97 Å². The molecule has 0 atom stereocenters. The van der Waals surface area contributed by atoms with Gasteiger partial charge in [0.1, 0.15) is 0 Å². The number of carbonyl (C=O) groups is 1. The molecule has 0 radical (unpaired) electrons. The molecule has 2 aromatic heterocycles. The van der Waals surface area contributed by atoms with Crippen molar-refractivity contribution >= 4 is 45.4 Å². The Morgan fingerprint density at radius 3 is 1.85 bits per heavy atom.